The maximum atomic E-state index is 13.8. The second-order valence-electron chi connectivity index (χ2n) is 5.97. The molecule has 4 aromatic rings. The highest BCUT2D eigenvalue weighted by Gasteiger charge is 2.23. The predicted molar refractivity (Wildman–Crippen MR) is 109 cm³/mol. The number of hydrogen-bond donors (Lipinski definition) is 1. The first-order valence-electron chi connectivity index (χ1n) is 8.12. The van der Waals surface area contributed by atoms with Gasteiger partial charge in [-0.25, -0.2) is 14.2 Å². The van der Waals surface area contributed by atoms with Crippen molar-refractivity contribution in [3.63, 3.8) is 0 Å². The molecule has 0 atom stereocenters. The third-order valence-corrected chi connectivity index (χ3v) is 6.54. The highest BCUT2D eigenvalue weighted by atomic mass is 35.5. The SMILES string of the molecule is O=C(Cc1scc(-c2ccc(Cl)c(F)c2)c1C(=O)O)c1nc2ccccc2s1. The summed E-state index contributed by atoms with van der Waals surface area (Å²) < 4.78 is 14.7. The summed E-state index contributed by atoms with van der Waals surface area (Å²) in [7, 11) is 0. The van der Waals surface area contributed by atoms with Crippen LogP contribution in [0.5, 0.6) is 0 Å². The average Bonchev–Trinajstić information content (AvgIpc) is 3.28. The van der Waals surface area contributed by atoms with Crippen molar-refractivity contribution in [2.75, 3.05) is 0 Å². The second kappa shape index (κ2) is 7.43. The van der Waals surface area contributed by atoms with Crippen molar-refractivity contribution >= 4 is 56.2 Å². The molecule has 0 spiro atoms. The number of ketones is 1. The van der Waals surface area contributed by atoms with Crippen LogP contribution in [0.3, 0.4) is 0 Å². The van der Waals surface area contributed by atoms with E-state index in [0.717, 1.165) is 21.6 Å². The standard InChI is InChI=1S/C20H11ClFNO3S2/c21-12-6-5-10(7-13(12)22)11-9-27-17(18(11)20(25)26)8-15(24)19-23-14-3-1-2-4-16(14)28-19/h1-7,9H,8H2,(H,25,26). The number of aromatic nitrogens is 1. The van der Waals surface area contributed by atoms with E-state index in [1.54, 1.807) is 11.4 Å². The summed E-state index contributed by atoms with van der Waals surface area (Å²) >= 11 is 8.14. The van der Waals surface area contributed by atoms with Crippen LogP contribution >= 0.6 is 34.3 Å². The molecule has 0 aliphatic rings. The van der Waals surface area contributed by atoms with Gasteiger partial charge in [0.15, 0.2) is 10.8 Å². The molecule has 1 N–H and O–H groups in total. The molecule has 0 aliphatic heterocycles. The largest absolute Gasteiger partial charge is 0.478 e. The molecule has 4 rings (SSSR count). The van der Waals surface area contributed by atoms with Crippen molar-refractivity contribution < 1.29 is 19.1 Å². The molecule has 140 valence electrons. The minimum atomic E-state index is -1.17. The number of carboxylic acid groups (broad SMARTS) is 1. The number of carbonyl (C=O) groups is 2. The van der Waals surface area contributed by atoms with Gasteiger partial charge in [-0.15, -0.1) is 22.7 Å². The van der Waals surface area contributed by atoms with Gasteiger partial charge in [0.25, 0.3) is 0 Å². The summed E-state index contributed by atoms with van der Waals surface area (Å²) in [6, 6.07) is 11.5. The number of aromatic carboxylic acids is 1. The molecule has 0 aliphatic carbocycles. The maximum absolute atomic E-state index is 13.8. The monoisotopic (exact) mass is 431 g/mol. The van der Waals surface area contributed by atoms with Gasteiger partial charge in [0, 0.05) is 16.9 Å². The van der Waals surface area contributed by atoms with Gasteiger partial charge in [-0.05, 0) is 35.2 Å². The molecular formula is C20H11ClFNO3S2. The lowest BCUT2D eigenvalue weighted by molar-refractivity contribution is 0.0697. The maximum Gasteiger partial charge on any atom is 0.337 e. The summed E-state index contributed by atoms with van der Waals surface area (Å²) in [5.41, 5.74) is 1.49. The number of thiophene rings is 1. The van der Waals surface area contributed by atoms with E-state index in [4.69, 9.17) is 11.6 Å². The van der Waals surface area contributed by atoms with Gasteiger partial charge in [-0.2, -0.15) is 0 Å². The first kappa shape index (κ1) is 18.7. The van der Waals surface area contributed by atoms with E-state index in [1.807, 2.05) is 24.3 Å². The molecule has 28 heavy (non-hydrogen) atoms. The number of hydrogen-bond acceptors (Lipinski definition) is 5. The number of benzene rings is 2. The number of carboxylic acids is 1. The van der Waals surface area contributed by atoms with E-state index in [2.05, 4.69) is 4.98 Å². The Hall–Kier alpha value is -2.61. The number of Topliss-reactive ketones (excluding diaryl/α,β-unsaturated/α-hetero) is 1. The van der Waals surface area contributed by atoms with Crippen LogP contribution in [0.1, 0.15) is 25.0 Å². The Morgan fingerprint density at radius 3 is 2.68 bits per heavy atom. The fourth-order valence-electron chi connectivity index (χ4n) is 2.85. The smallest absolute Gasteiger partial charge is 0.337 e. The van der Waals surface area contributed by atoms with Gasteiger partial charge in [-0.1, -0.05) is 29.8 Å². The van der Waals surface area contributed by atoms with Crippen molar-refractivity contribution in [1.29, 1.82) is 0 Å². The van der Waals surface area contributed by atoms with Crippen LogP contribution < -0.4 is 0 Å². The van der Waals surface area contributed by atoms with Crippen molar-refractivity contribution in [3.05, 3.63) is 74.1 Å². The molecule has 2 aromatic heterocycles. The number of halogens is 2. The Kier molecular flexibility index (Phi) is 4.97. The van der Waals surface area contributed by atoms with Crippen molar-refractivity contribution in [2.45, 2.75) is 6.42 Å². The van der Waals surface area contributed by atoms with Gasteiger partial charge in [0.05, 0.1) is 20.8 Å². The summed E-state index contributed by atoms with van der Waals surface area (Å²) in [5.74, 6) is -2.05. The van der Waals surface area contributed by atoms with Gasteiger partial charge >= 0.3 is 5.97 Å². The Balaban J connectivity index is 1.69. The van der Waals surface area contributed by atoms with Crippen molar-refractivity contribution in [3.8, 4) is 11.1 Å². The first-order chi connectivity index (χ1) is 13.4. The van der Waals surface area contributed by atoms with E-state index < -0.39 is 11.8 Å². The summed E-state index contributed by atoms with van der Waals surface area (Å²) in [6.07, 6.45) is -0.0812. The van der Waals surface area contributed by atoms with E-state index in [1.165, 1.54) is 23.5 Å². The molecule has 8 heteroatoms. The van der Waals surface area contributed by atoms with Crippen LogP contribution in [0.15, 0.2) is 47.8 Å². The highest BCUT2D eigenvalue weighted by Crippen LogP contribution is 2.34. The minimum absolute atomic E-state index is 0.00110. The molecular weight excluding hydrogens is 421 g/mol. The fraction of sp³-hybridized carbons (Fsp3) is 0.0500. The summed E-state index contributed by atoms with van der Waals surface area (Å²) in [6.45, 7) is 0. The number of nitrogens with zero attached hydrogens (tertiary/aromatic N) is 1. The van der Waals surface area contributed by atoms with Gasteiger partial charge in [0.2, 0.25) is 0 Å². The summed E-state index contributed by atoms with van der Waals surface area (Å²) in [5, 5.41) is 11.6. The lowest BCUT2D eigenvalue weighted by Crippen LogP contribution is -2.07. The third kappa shape index (κ3) is 3.44. The van der Waals surface area contributed by atoms with Crippen molar-refractivity contribution in [1.82, 2.24) is 4.98 Å². The van der Waals surface area contributed by atoms with Gasteiger partial charge in [-0.3, -0.25) is 4.79 Å². The normalized spacial score (nSPS) is 11.1. The Morgan fingerprint density at radius 1 is 1.18 bits per heavy atom. The molecule has 0 radical (unpaired) electrons. The zero-order valence-electron chi connectivity index (χ0n) is 14.1. The van der Waals surface area contributed by atoms with Crippen molar-refractivity contribution in [2.24, 2.45) is 0 Å². The quantitative estimate of drug-likeness (QED) is 0.397. The van der Waals surface area contributed by atoms with Crippen LogP contribution in [0.4, 0.5) is 4.39 Å². The highest BCUT2D eigenvalue weighted by molar-refractivity contribution is 7.20. The van der Waals surface area contributed by atoms with Gasteiger partial charge in [0.1, 0.15) is 5.82 Å². The van der Waals surface area contributed by atoms with Crippen LogP contribution in [-0.2, 0) is 6.42 Å². The average molecular weight is 432 g/mol. The molecule has 2 aromatic carbocycles. The second-order valence-corrected chi connectivity index (χ2v) is 8.37. The topological polar surface area (TPSA) is 67.3 Å². The predicted octanol–water partition coefficient (Wildman–Crippen LogP) is 5.94. The minimum Gasteiger partial charge on any atom is -0.478 e. The molecule has 0 unspecified atom stereocenters. The third-order valence-electron chi connectivity index (χ3n) is 4.17. The van der Waals surface area contributed by atoms with Crippen LogP contribution in [0, 0.1) is 5.82 Å². The van der Waals surface area contributed by atoms with E-state index in [9.17, 15) is 19.1 Å². The zero-order valence-corrected chi connectivity index (χ0v) is 16.5. The fourth-order valence-corrected chi connectivity index (χ4v) is 4.92. The van der Waals surface area contributed by atoms with E-state index in [-0.39, 0.29) is 22.8 Å². The lowest BCUT2D eigenvalue weighted by Gasteiger charge is -2.04. The zero-order chi connectivity index (χ0) is 19.8. The Morgan fingerprint density at radius 2 is 1.96 bits per heavy atom. The van der Waals surface area contributed by atoms with E-state index in [0.29, 0.717) is 21.0 Å². The number of fused-ring (bicyclic) bond motifs is 1. The number of rotatable bonds is 5. The molecule has 0 fully saturated rings. The molecule has 4 nitrogen and oxygen atoms in total. The molecule has 0 saturated carbocycles. The Labute approximate surface area is 171 Å². The number of carbonyl (C=O) groups excluding carboxylic acids is 1. The van der Waals surface area contributed by atoms with Crippen LogP contribution in [0.25, 0.3) is 21.3 Å². The lowest BCUT2D eigenvalue weighted by atomic mass is 10.0. The summed E-state index contributed by atoms with van der Waals surface area (Å²) in [4.78, 5) is 29.3. The van der Waals surface area contributed by atoms with Crippen LogP contribution in [-0.4, -0.2) is 21.8 Å². The molecule has 2 heterocycles. The molecule has 0 saturated heterocycles. The first-order valence-corrected chi connectivity index (χ1v) is 10.2. The van der Waals surface area contributed by atoms with E-state index >= 15 is 0 Å². The Bertz CT molecular complexity index is 1200. The molecule has 0 amide bonds. The number of para-hydroxylation sites is 1. The van der Waals surface area contributed by atoms with Crippen LogP contribution in [0.2, 0.25) is 5.02 Å². The number of thiazole rings is 1. The molecule has 0 bridgehead atoms. The van der Waals surface area contributed by atoms with Gasteiger partial charge < -0.3 is 5.11 Å².